The van der Waals surface area contributed by atoms with Crippen LogP contribution in [0, 0.1) is 9.39 Å². The van der Waals surface area contributed by atoms with Crippen molar-refractivity contribution in [2.24, 2.45) is 0 Å². The highest BCUT2D eigenvalue weighted by molar-refractivity contribution is 14.1. The molecule has 0 saturated carbocycles. The summed E-state index contributed by atoms with van der Waals surface area (Å²) in [6, 6.07) is 12.6. The molecule has 0 aromatic heterocycles. The van der Waals surface area contributed by atoms with Crippen LogP contribution in [0.1, 0.15) is 18.9 Å². The molecule has 5 nitrogen and oxygen atoms in total. The van der Waals surface area contributed by atoms with Crippen LogP contribution in [0.15, 0.2) is 48.5 Å². The maximum atomic E-state index is 13.2. The molecule has 1 N–H and O–H groups in total. The van der Waals surface area contributed by atoms with Crippen molar-refractivity contribution in [1.29, 1.82) is 0 Å². The van der Waals surface area contributed by atoms with E-state index in [1.54, 1.807) is 24.3 Å². The van der Waals surface area contributed by atoms with Crippen molar-refractivity contribution in [3.05, 3.63) is 63.5 Å². The molecule has 0 aliphatic rings. The second-order valence-corrected chi connectivity index (χ2v) is 7.17. The fourth-order valence-electron chi connectivity index (χ4n) is 2.63. The quantitative estimate of drug-likeness (QED) is 0.585. The van der Waals surface area contributed by atoms with E-state index in [4.69, 9.17) is 4.74 Å². The van der Waals surface area contributed by atoms with Gasteiger partial charge in [-0.3, -0.25) is 9.59 Å². The van der Waals surface area contributed by atoms with Crippen molar-refractivity contribution in [3.8, 4) is 5.75 Å². The summed E-state index contributed by atoms with van der Waals surface area (Å²) < 4.78 is 19.8. The lowest BCUT2D eigenvalue weighted by atomic mass is 10.1. The first kappa shape index (κ1) is 21.1. The molecule has 2 aromatic rings. The molecule has 0 heterocycles. The van der Waals surface area contributed by atoms with Gasteiger partial charge < -0.3 is 15.0 Å². The second-order valence-electron chi connectivity index (χ2n) is 5.93. The first-order chi connectivity index (χ1) is 12.9. The van der Waals surface area contributed by atoms with Crippen molar-refractivity contribution in [2.45, 2.75) is 25.9 Å². The van der Waals surface area contributed by atoms with Gasteiger partial charge in [0.15, 0.2) is 6.61 Å². The Balaban J connectivity index is 2.15. The Morgan fingerprint density at radius 1 is 1.15 bits per heavy atom. The summed E-state index contributed by atoms with van der Waals surface area (Å²) in [4.78, 5) is 26.5. The van der Waals surface area contributed by atoms with Crippen LogP contribution < -0.4 is 10.1 Å². The van der Waals surface area contributed by atoms with Gasteiger partial charge in [-0.15, -0.1) is 0 Å². The molecular weight excluding hydrogens is 462 g/mol. The number of benzene rings is 2. The molecule has 0 bridgehead atoms. The molecule has 27 heavy (non-hydrogen) atoms. The van der Waals surface area contributed by atoms with Crippen LogP contribution in [0.25, 0.3) is 0 Å². The van der Waals surface area contributed by atoms with E-state index in [0.717, 1.165) is 9.13 Å². The highest BCUT2D eigenvalue weighted by Crippen LogP contribution is 2.16. The number of nitrogens with zero attached hydrogens (tertiary/aromatic N) is 1. The zero-order valence-electron chi connectivity index (χ0n) is 15.2. The zero-order valence-corrected chi connectivity index (χ0v) is 17.4. The van der Waals surface area contributed by atoms with Gasteiger partial charge in [0.2, 0.25) is 5.91 Å². The van der Waals surface area contributed by atoms with Crippen molar-refractivity contribution in [3.63, 3.8) is 0 Å². The van der Waals surface area contributed by atoms with E-state index in [0.29, 0.717) is 12.2 Å². The van der Waals surface area contributed by atoms with E-state index < -0.39 is 6.04 Å². The Hall–Kier alpha value is -2.16. The van der Waals surface area contributed by atoms with Gasteiger partial charge in [-0.1, -0.05) is 19.1 Å². The number of carbonyl (C=O) groups excluding carboxylic acids is 2. The molecule has 2 amide bonds. The highest BCUT2D eigenvalue weighted by Gasteiger charge is 2.28. The maximum absolute atomic E-state index is 13.2. The number of hydrogen-bond acceptors (Lipinski definition) is 3. The minimum absolute atomic E-state index is 0.185. The van der Waals surface area contributed by atoms with Crippen LogP contribution in [-0.4, -0.2) is 36.4 Å². The van der Waals surface area contributed by atoms with Crippen molar-refractivity contribution in [2.75, 3.05) is 13.7 Å². The minimum atomic E-state index is -0.632. The number of nitrogens with one attached hydrogen (secondary N) is 1. The Labute approximate surface area is 172 Å². The van der Waals surface area contributed by atoms with Crippen molar-refractivity contribution < 1.29 is 18.7 Å². The van der Waals surface area contributed by atoms with Crippen LogP contribution in [0.3, 0.4) is 0 Å². The van der Waals surface area contributed by atoms with E-state index >= 15 is 0 Å². The van der Waals surface area contributed by atoms with Crippen molar-refractivity contribution >= 4 is 34.4 Å². The number of ether oxygens (including phenoxy) is 1. The first-order valence-electron chi connectivity index (χ1n) is 8.58. The number of hydrogen-bond donors (Lipinski definition) is 1. The standard InChI is InChI=1S/C20H22FIN2O3/c1-3-18(20(26)23-2)24(12-14-4-6-15(21)7-5-14)19(25)13-27-17-10-8-16(22)9-11-17/h4-11,18H,3,12-13H2,1-2H3,(H,23,26). The molecule has 0 radical (unpaired) electrons. The molecule has 2 rings (SSSR count). The lowest BCUT2D eigenvalue weighted by molar-refractivity contribution is -0.142. The van der Waals surface area contributed by atoms with E-state index in [1.807, 2.05) is 19.1 Å². The smallest absolute Gasteiger partial charge is 0.261 e. The molecule has 0 fully saturated rings. The Kier molecular flexibility index (Phi) is 8.02. The third-order valence-electron chi connectivity index (χ3n) is 4.07. The van der Waals surface area contributed by atoms with Crippen LogP contribution in [0.5, 0.6) is 5.75 Å². The molecule has 0 aliphatic carbocycles. The monoisotopic (exact) mass is 484 g/mol. The molecule has 7 heteroatoms. The van der Waals surface area contributed by atoms with Gasteiger partial charge in [-0.2, -0.15) is 0 Å². The highest BCUT2D eigenvalue weighted by atomic mass is 127. The Morgan fingerprint density at radius 3 is 2.33 bits per heavy atom. The van der Waals surface area contributed by atoms with Crippen LogP contribution in [0.2, 0.25) is 0 Å². The van der Waals surface area contributed by atoms with Gasteiger partial charge in [0.1, 0.15) is 17.6 Å². The summed E-state index contributed by atoms with van der Waals surface area (Å²) in [7, 11) is 1.54. The SMILES string of the molecule is CCC(C(=O)NC)N(Cc1ccc(F)cc1)C(=O)COc1ccc(I)cc1. The topological polar surface area (TPSA) is 58.6 Å². The van der Waals surface area contributed by atoms with Gasteiger partial charge in [-0.05, 0) is 71.0 Å². The van der Waals surface area contributed by atoms with Crippen LogP contribution in [0.4, 0.5) is 4.39 Å². The summed E-state index contributed by atoms with van der Waals surface area (Å²) in [5.41, 5.74) is 0.737. The summed E-state index contributed by atoms with van der Waals surface area (Å²) >= 11 is 2.19. The van der Waals surface area contributed by atoms with Gasteiger partial charge >= 0.3 is 0 Å². The fraction of sp³-hybridized carbons (Fsp3) is 0.300. The van der Waals surface area contributed by atoms with E-state index in [9.17, 15) is 14.0 Å². The minimum Gasteiger partial charge on any atom is -0.484 e. The fourth-order valence-corrected chi connectivity index (χ4v) is 2.99. The molecular formula is C20H22FIN2O3. The van der Waals surface area contributed by atoms with Crippen molar-refractivity contribution in [1.82, 2.24) is 10.2 Å². The van der Waals surface area contributed by atoms with Gasteiger partial charge in [0.05, 0.1) is 0 Å². The van der Waals surface area contributed by atoms with Gasteiger partial charge in [-0.25, -0.2) is 4.39 Å². The van der Waals surface area contributed by atoms with E-state index in [2.05, 4.69) is 27.9 Å². The normalized spacial score (nSPS) is 11.6. The molecule has 2 aromatic carbocycles. The molecule has 0 saturated heterocycles. The average molecular weight is 484 g/mol. The van der Waals surface area contributed by atoms with Crippen LogP contribution in [-0.2, 0) is 16.1 Å². The number of rotatable bonds is 8. The lowest BCUT2D eigenvalue weighted by Gasteiger charge is -2.30. The third kappa shape index (κ3) is 6.20. The second kappa shape index (κ2) is 10.2. The number of carbonyl (C=O) groups is 2. The zero-order chi connectivity index (χ0) is 19.8. The largest absolute Gasteiger partial charge is 0.484 e. The molecule has 0 spiro atoms. The van der Waals surface area contributed by atoms with Crippen LogP contribution >= 0.6 is 22.6 Å². The summed E-state index contributed by atoms with van der Waals surface area (Å²) in [5.74, 6) is -0.328. The lowest BCUT2D eigenvalue weighted by Crippen LogP contribution is -2.49. The summed E-state index contributed by atoms with van der Waals surface area (Å²) in [6.07, 6.45) is 0.455. The average Bonchev–Trinajstić information content (AvgIpc) is 2.68. The van der Waals surface area contributed by atoms with Gasteiger partial charge in [0, 0.05) is 17.2 Å². The summed E-state index contributed by atoms with van der Waals surface area (Å²) in [6.45, 7) is 1.85. The Morgan fingerprint density at radius 2 is 1.78 bits per heavy atom. The first-order valence-corrected chi connectivity index (χ1v) is 9.66. The van der Waals surface area contributed by atoms with E-state index in [1.165, 1.54) is 24.1 Å². The number of likely N-dealkylation sites (N-methyl/N-ethyl adjacent to an activating group) is 1. The molecule has 144 valence electrons. The third-order valence-corrected chi connectivity index (χ3v) is 4.79. The molecule has 1 unspecified atom stereocenters. The Bertz CT molecular complexity index is 766. The predicted octanol–water partition coefficient (Wildman–Crippen LogP) is 3.36. The van der Waals surface area contributed by atoms with E-state index in [-0.39, 0.29) is 30.8 Å². The summed E-state index contributed by atoms with van der Waals surface area (Å²) in [5, 5.41) is 2.59. The maximum Gasteiger partial charge on any atom is 0.261 e. The predicted molar refractivity (Wildman–Crippen MR) is 110 cm³/mol. The number of amides is 2. The number of halogens is 2. The molecule has 0 aliphatic heterocycles. The molecule has 1 atom stereocenters. The van der Waals surface area contributed by atoms with Gasteiger partial charge in [0.25, 0.3) is 5.91 Å².